The Morgan fingerprint density at radius 3 is 2.44 bits per heavy atom. The summed E-state index contributed by atoms with van der Waals surface area (Å²) in [6.07, 6.45) is 0. The Bertz CT molecular complexity index is 477. The molecule has 0 heterocycles. The summed E-state index contributed by atoms with van der Waals surface area (Å²) in [6.45, 7) is 0.0500. The molecule has 18 heavy (non-hydrogen) atoms. The van der Waals surface area contributed by atoms with E-state index in [1.165, 1.54) is 9.80 Å². The first-order chi connectivity index (χ1) is 8.32. The molecule has 0 N–H and O–H groups in total. The summed E-state index contributed by atoms with van der Waals surface area (Å²) >= 11 is 7.94. The van der Waals surface area contributed by atoms with Crippen molar-refractivity contribution in [2.75, 3.05) is 27.7 Å². The fourth-order valence-corrected chi connectivity index (χ4v) is 2.02. The molecule has 98 valence electrons. The van der Waals surface area contributed by atoms with Crippen LogP contribution in [-0.2, 0) is 4.79 Å². The van der Waals surface area contributed by atoms with E-state index in [1.54, 1.807) is 39.3 Å². The Balaban J connectivity index is 2.87. The van der Waals surface area contributed by atoms with Gasteiger partial charge in [-0.25, -0.2) is 0 Å². The lowest BCUT2D eigenvalue weighted by atomic mass is 10.2. The number of hydrogen-bond donors (Lipinski definition) is 0. The molecule has 0 radical (unpaired) electrons. The van der Waals surface area contributed by atoms with Gasteiger partial charge in [-0.3, -0.25) is 9.59 Å². The summed E-state index contributed by atoms with van der Waals surface area (Å²) in [5, 5.41) is 0.506. The SMILES string of the molecule is CN(C)C(=O)CN(C)C(=O)c1cc(Cl)ccc1I. The number of likely N-dealkylation sites (N-methyl/N-ethyl adjacent to an activating group) is 2. The number of nitrogens with zero attached hydrogens (tertiary/aromatic N) is 2. The van der Waals surface area contributed by atoms with Gasteiger partial charge in [0.25, 0.3) is 5.91 Å². The summed E-state index contributed by atoms with van der Waals surface area (Å²) in [5.41, 5.74) is 0.511. The zero-order valence-corrected chi connectivity index (χ0v) is 13.3. The predicted molar refractivity (Wildman–Crippen MR) is 79.8 cm³/mol. The fraction of sp³-hybridized carbons (Fsp3) is 0.333. The summed E-state index contributed by atoms with van der Waals surface area (Å²) in [7, 11) is 4.91. The van der Waals surface area contributed by atoms with Gasteiger partial charge in [0.2, 0.25) is 5.91 Å². The van der Waals surface area contributed by atoms with Crippen LogP contribution in [0, 0.1) is 3.57 Å². The molecule has 4 nitrogen and oxygen atoms in total. The van der Waals surface area contributed by atoms with Crippen molar-refractivity contribution >= 4 is 46.0 Å². The van der Waals surface area contributed by atoms with Crippen LogP contribution < -0.4 is 0 Å². The predicted octanol–water partition coefficient (Wildman–Crippen LogP) is 2.10. The van der Waals surface area contributed by atoms with Crippen LogP contribution in [-0.4, -0.2) is 49.3 Å². The van der Waals surface area contributed by atoms with Gasteiger partial charge in [-0.15, -0.1) is 0 Å². The van der Waals surface area contributed by atoms with Gasteiger partial charge in [-0.1, -0.05) is 11.6 Å². The van der Waals surface area contributed by atoms with E-state index < -0.39 is 0 Å². The van der Waals surface area contributed by atoms with E-state index >= 15 is 0 Å². The zero-order valence-electron chi connectivity index (χ0n) is 10.4. The third kappa shape index (κ3) is 3.84. The molecule has 0 bridgehead atoms. The third-order valence-electron chi connectivity index (χ3n) is 2.38. The van der Waals surface area contributed by atoms with Crippen LogP contribution in [0.1, 0.15) is 10.4 Å². The highest BCUT2D eigenvalue weighted by molar-refractivity contribution is 14.1. The van der Waals surface area contributed by atoms with E-state index in [0.717, 1.165) is 3.57 Å². The van der Waals surface area contributed by atoms with Crippen molar-refractivity contribution in [3.63, 3.8) is 0 Å². The lowest BCUT2D eigenvalue weighted by Gasteiger charge is -2.19. The molecule has 0 unspecified atom stereocenters. The fourth-order valence-electron chi connectivity index (χ4n) is 1.28. The summed E-state index contributed by atoms with van der Waals surface area (Å²) in [4.78, 5) is 26.5. The lowest BCUT2D eigenvalue weighted by molar-refractivity contribution is -0.129. The summed E-state index contributed by atoms with van der Waals surface area (Å²) < 4.78 is 0.811. The van der Waals surface area contributed by atoms with Gasteiger partial charge in [-0.2, -0.15) is 0 Å². The van der Waals surface area contributed by atoms with Gasteiger partial charge in [0.1, 0.15) is 0 Å². The molecular weight excluding hydrogens is 367 g/mol. The first kappa shape index (κ1) is 15.2. The average Bonchev–Trinajstić information content (AvgIpc) is 2.31. The van der Waals surface area contributed by atoms with E-state index in [0.29, 0.717) is 10.6 Å². The number of halogens is 2. The van der Waals surface area contributed by atoms with Crippen LogP contribution in [0.3, 0.4) is 0 Å². The van der Waals surface area contributed by atoms with Crippen molar-refractivity contribution in [3.05, 3.63) is 32.4 Å². The van der Waals surface area contributed by atoms with Crippen LogP contribution in [0.15, 0.2) is 18.2 Å². The first-order valence-electron chi connectivity index (χ1n) is 5.23. The van der Waals surface area contributed by atoms with Gasteiger partial charge in [0.15, 0.2) is 0 Å². The normalized spacial score (nSPS) is 10.1. The second kappa shape index (κ2) is 6.38. The van der Waals surface area contributed by atoms with Crippen molar-refractivity contribution < 1.29 is 9.59 Å². The molecule has 1 aromatic carbocycles. The quantitative estimate of drug-likeness (QED) is 0.754. The molecule has 0 aliphatic rings. The molecule has 2 amide bonds. The van der Waals surface area contributed by atoms with Crippen molar-refractivity contribution in [2.24, 2.45) is 0 Å². The number of carbonyl (C=O) groups excluding carboxylic acids is 2. The Morgan fingerprint density at radius 1 is 1.28 bits per heavy atom. The maximum atomic E-state index is 12.2. The van der Waals surface area contributed by atoms with Crippen LogP contribution in [0.25, 0.3) is 0 Å². The molecule has 1 aromatic rings. The topological polar surface area (TPSA) is 40.6 Å². The maximum absolute atomic E-state index is 12.2. The number of rotatable bonds is 3. The molecule has 0 saturated carbocycles. The Kier molecular flexibility index (Phi) is 5.40. The van der Waals surface area contributed by atoms with Crippen molar-refractivity contribution in [1.82, 2.24) is 9.80 Å². The highest BCUT2D eigenvalue weighted by atomic mass is 127. The van der Waals surface area contributed by atoms with Crippen LogP contribution in [0.2, 0.25) is 5.02 Å². The average molecular weight is 381 g/mol. The highest BCUT2D eigenvalue weighted by Gasteiger charge is 2.18. The molecular formula is C12H14ClIN2O2. The van der Waals surface area contributed by atoms with Gasteiger partial charge in [-0.05, 0) is 40.8 Å². The number of benzene rings is 1. The minimum Gasteiger partial charge on any atom is -0.347 e. The molecule has 0 fully saturated rings. The van der Waals surface area contributed by atoms with Crippen LogP contribution in [0.4, 0.5) is 0 Å². The second-order valence-corrected chi connectivity index (χ2v) is 5.67. The summed E-state index contributed by atoms with van der Waals surface area (Å²) in [6, 6.07) is 5.12. The number of amides is 2. The summed E-state index contributed by atoms with van der Waals surface area (Å²) in [5.74, 6) is -0.333. The molecule has 0 saturated heterocycles. The van der Waals surface area contributed by atoms with E-state index in [-0.39, 0.29) is 18.4 Å². The van der Waals surface area contributed by atoms with E-state index in [2.05, 4.69) is 22.6 Å². The van der Waals surface area contributed by atoms with E-state index in [4.69, 9.17) is 11.6 Å². The third-order valence-corrected chi connectivity index (χ3v) is 3.55. The Labute approximate surface area is 125 Å². The second-order valence-electron chi connectivity index (χ2n) is 4.07. The van der Waals surface area contributed by atoms with Gasteiger partial charge < -0.3 is 9.80 Å². The van der Waals surface area contributed by atoms with Crippen molar-refractivity contribution in [1.29, 1.82) is 0 Å². The molecule has 1 rings (SSSR count). The van der Waals surface area contributed by atoms with Gasteiger partial charge >= 0.3 is 0 Å². The lowest BCUT2D eigenvalue weighted by Crippen LogP contribution is -2.38. The Hall–Kier alpha value is -0.820. The molecule has 0 aliphatic heterocycles. The molecule has 0 atom stereocenters. The van der Waals surface area contributed by atoms with Crippen LogP contribution >= 0.6 is 34.2 Å². The number of carbonyl (C=O) groups is 2. The minimum absolute atomic E-state index is 0.0500. The Morgan fingerprint density at radius 2 is 1.89 bits per heavy atom. The number of hydrogen-bond acceptors (Lipinski definition) is 2. The first-order valence-corrected chi connectivity index (χ1v) is 6.69. The molecule has 0 aliphatic carbocycles. The molecule has 6 heteroatoms. The monoisotopic (exact) mass is 380 g/mol. The van der Waals surface area contributed by atoms with Crippen molar-refractivity contribution in [3.8, 4) is 0 Å². The van der Waals surface area contributed by atoms with E-state index in [1.807, 2.05) is 0 Å². The highest BCUT2D eigenvalue weighted by Crippen LogP contribution is 2.19. The molecule has 0 spiro atoms. The standard InChI is InChI=1S/C12H14ClIN2O2/c1-15(2)11(17)7-16(3)12(18)9-6-8(13)4-5-10(9)14/h4-6H,7H2,1-3H3. The van der Waals surface area contributed by atoms with Crippen molar-refractivity contribution in [2.45, 2.75) is 0 Å². The smallest absolute Gasteiger partial charge is 0.255 e. The molecule has 0 aromatic heterocycles. The zero-order chi connectivity index (χ0) is 13.9. The van der Waals surface area contributed by atoms with Gasteiger partial charge in [0.05, 0.1) is 12.1 Å². The minimum atomic E-state index is -0.211. The van der Waals surface area contributed by atoms with Crippen LogP contribution in [0.5, 0.6) is 0 Å². The largest absolute Gasteiger partial charge is 0.347 e. The maximum Gasteiger partial charge on any atom is 0.255 e. The van der Waals surface area contributed by atoms with E-state index in [9.17, 15) is 9.59 Å². The van der Waals surface area contributed by atoms with Gasteiger partial charge in [0, 0.05) is 29.7 Å².